The minimum atomic E-state index is -2.73. The maximum Gasteiger partial charge on any atom is 0.338 e. The summed E-state index contributed by atoms with van der Waals surface area (Å²) in [6, 6.07) is 9.02. The van der Waals surface area contributed by atoms with Crippen molar-refractivity contribution >= 4 is 55.8 Å². The van der Waals surface area contributed by atoms with Gasteiger partial charge in [-0.25, -0.2) is 23.5 Å². The van der Waals surface area contributed by atoms with Crippen LogP contribution in [0.1, 0.15) is 47.9 Å². The number of alkyl halides is 2. The van der Waals surface area contributed by atoms with E-state index in [0.717, 1.165) is 0 Å². The molecule has 6 rings (SSSR count). The zero-order valence-corrected chi connectivity index (χ0v) is 29.2. The third kappa shape index (κ3) is 6.85. The number of hydrogen-bond acceptors (Lipinski definition) is 10. The van der Waals surface area contributed by atoms with Crippen molar-refractivity contribution in [2.45, 2.75) is 51.6 Å². The van der Waals surface area contributed by atoms with Gasteiger partial charge < -0.3 is 14.7 Å². The number of benzene rings is 1. The molecule has 0 unspecified atom stereocenters. The van der Waals surface area contributed by atoms with E-state index >= 15 is 0 Å². The SMILES string of the molecule is CCC(F)(F)CN1CCC(N(C)c2ncc3nc(C)n(CCOc4ccc(Cl)cc4-c4ccnc5c(C(=O)O)csc45)c(=O)c3c2C#N)CC1. The standard InChI is InChI=1S/C35H34ClF2N7O4S/c1-4-35(37,38)19-44-11-8-22(9-12-44)43(3)32-25(16-39)29-27(17-41-32)42-20(2)45(33(29)46)13-14-49-28-6-5-21(36)15-24(28)23-7-10-40-30-26(34(47)48)18-50-31(23)30/h5-7,10,15,17-18,22H,4,8-9,11-14,19H2,1-3H3,(H,47,48). The summed E-state index contributed by atoms with van der Waals surface area (Å²) < 4.78 is 36.3. The number of ether oxygens (including phenoxy) is 1. The predicted octanol–water partition coefficient (Wildman–Crippen LogP) is 6.62. The summed E-state index contributed by atoms with van der Waals surface area (Å²) in [4.78, 5) is 42.7. The van der Waals surface area contributed by atoms with Gasteiger partial charge in [0.05, 0.1) is 46.0 Å². The number of piperidine rings is 1. The van der Waals surface area contributed by atoms with Gasteiger partial charge in [-0.15, -0.1) is 11.3 Å². The number of anilines is 1. The molecule has 0 radical (unpaired) electrons. The van der Waals surface area contributed by atoms with E-state index in [2.05, 4.69) is 21.0 Å². The van der Waals surface area contributed by atoms with E-state index < -0.39 is 17.5 Å². The summed E-state index contributed by atoms with van der Waals surface area (Å²) in [7, 11) is 1.81. The lowest BCUT2D eigenvalue weighted by Crippen LogP contribution is -2.47. The van der Waals surface area contributed by atoms with Crippen LogP contribution in [0.5, 0.6) is 5.75 Å². The van der Waals surface area contributed by atoms with Crippen molar-refractivity contribution in [1.29, 1.82) is 5.26 Å². The maximum absolute atomic E-state index is 14.0. The van der Waals surface area contributed by atoms with Gasteiger partial charge in [-0.2, -0.15) is 5.26 Å². The average Bonchev–Trinajstić information content (AvgIpc) is 3.54. The van der Waals surface area contributed by atoms with Gasteiger partial charge in [0.1, 0.15) is 35.6 Å². The Hall–Kier alpha value is -4.71. The Morgan fingerprint density at radius 3 is 2.70 bits per heavy atom. The van der Waals surface area contributed by atoms with Crippen molar-refractivity contribution in [3.8, 4) is 22.9 Å². The molecular formula is C35H34ClF2N7O4S. The van der Waals surface area contributed by atoms with Crippen LogP contribution < -0.4 is 15.2 Å². The van der Waals surface area contributed by atoms with Crippen molar-refractivity contribution in [2.75, 3.05) is 38.2 Å². The molecule has 5 heterocycles. The topological polar surface area (TPSA) is 137 Å². The molecule has 1 aliphatic rings. The molecule has 0 saturated carbocycles. The second kappa shape index (κ2) is 14.3. The van der Waals surface area contributed by atoms with Crippen LogP contribution in [-0.4, -0.2) is 80.7 Å². The highest BCUT2D eigenvalue weighted by Crippen LogP contribution is 2.39. The monoisotopic (exact) mass is 721 g/mol. The molecular weight excluding hydrogens is 688 g/mol. The summed E-state index contributed by atoms with van der Waals surface area (Å²) in [5.41, 5.74) is 1.82. The zero-order valence-electron chi connectivity index (χ0n) is 27.6. The number of carbonyl (C=O) groups is 1. The third-order valence-electron chi connectivity index (χ3n) is 9.18. The molecule has 4 aromatic heterocycles. The molecule has 0 bridgehead atoms. The Kier molecular flexibility index (Phi) is 10.0. The molecule has 15 heteroatoms. The molecule has 1 aliphatic heterocycles. The summed E-state index contributed by atoms with van der Waals surface area (Å²) >= 11 is 7.63. The first kappa shape index (κ1) is 35.1. The van der Waals surface area contributed by atoms with Gasteiger partial charge in [-0.1, -0.05) is 18.5 Å². The molecule has 1 N–H and O–H groups in total. The van der Waals surface area contributed by atoms with Crippen molar-refractivity contribution in [3.05, 3.63) is 74.4 Å². The number of aryl methyl sites for hydroxylation is 1. The highest BCUT2D eigenvalue weighted by molar-refractivity contribution is 7.18. The summed E-state index contributed by atoms with van der Waals surface area (Å²) in [5.74, 6) is -2.57. The number of halogens is 3. The minimum absolute atomic E-state index is 0.0484. The molecule has 5 aromatic rings. The van der Waals surface area contributed by atoms with Crippen LogP contribution in [0, 0.1) is 18.3 Å². The second-order valence-electron chi connectivity index (χ2n) is 12.3. The van der Waals surface area contributed by atoms with Crippen LogP contribution in [0.25, 0.3) is 32.2 Å². The smallest absolute Gasteiger partial charge is 0.338 e. The molecule has 0 amide bonds. The summed E-state index contributed by atoms with van der Waals surface area (Å²) in [6.45, 7) is 4.06. The summed E-state index contributed by atoms with van der Waals surface area (Å²) in [6.07, 6.45) is 4.04. The van der Waals surface area contributed by atoms with E-state index in [-0.39, 0.29) is 48.7 Å². The van der Waals surface area contributed by atoms with Gasteiger partial charge in [0.25, 0.3) is 11.5 Å². The van der Waals surface area contributed by atoms with Crippen LogP contribution in [0.4, 0.5) is 14.6 Å². The normalized spacial score (nSPS) is 14.3. The van der Waals surface area contributed by atoms with E-state index in [0.29, 0.717) is 75.2 Å². The molecule has 50 heavy (non-hydrogen) atoms. The van der Waals surface area contributed by atoms with Crippen LogP contribution >= 0.6 is 22.9 Å². The first-order valence-electron chi connectivity index (χ1n) is 16.1. The molecule has 260 valence electrons. The van der Waals surface area contributed by atoms with E-state index in [1.807, 2.05) is 11.9 Å². The molecule has 0 aliphatic carbocycles. The number of nitriles is 1. The lowest BCUT2D eigenvalue weighted by atomic mass is 10.0. The van der Waals surface area contributed by atoms with Crippen LogP contribution in [-0.2, 0) is 6.54 Å². The van der Waals surface area contributed by atoms with E-state index in [1.54, 1.807) is 41.5 Å². The van der Waals surface area contributed by atoms with E-state index in [4.69, 9.17) is 16.3 Å². The van der Waals surface area contributed by atoms with Crippen molar-refractivity contribution in [3.63, 3.8) is 0 Å². The number of nitrogens with zero attached hydrogens (tertiary/aromatic N) is 7. The van der Waals surface area contributed by atoms with E-state index in [9.17, 15) is 28.7 Å². The molecule has 1 saturated heterocycles. The minimum Gasteiger partial charge on any atom is -0.491 e. The Bertz CT molecular complexity index is 2190. The highest BCUT2D eigenvalue weighted by Gasteiger charge is 2.33. The van der Waals surface area contributed by atoms with Gasteiger partial charge in [0.2, 0.25) is 0 Å². The average molecular weight is 722 g/mol. The van der Waals surface area contributed by atoms with Gasteiger partial charge in [-0.3, -0.25) is 19.2 Å². The van der Waals surface area contributed by atoms with Crippen LogP contribution in [0.3, 0.4) is 0 Å². The molecule has 1 fully saturated rings. The number of fused-ring (bicyclic) bond motifs is 2. The fraction of sp³-hybridized carbons (Fsp3) is 0.371. The lowest BCUT2D eigenvalue weighted by Gasteiger charge is -2.38. The number of thiophene rings is 1. The molecule has 1 aromatic carbocycles. The fourth-order valence-corrected chi connectivity index (χ4v) is 7.60. The zero-order chi connectivity index (χ0) is 35.7. The van der Waals surface area contributed by atoms with Gasteiger partial charge in [0, 0.05) is 60.3 Å². The number of likely N-dealkylation sites (tertiary alicyclic amines) is 1. The number of pyridine rings is 2. The maximum atomic E-state index is 14.0. The Morgan fingerprint density at radius 1 is 1.24 bits per heavy atom. The van der Waals surface area contributed by atoms with Crippen LogP contribution in [0.2, 0.25) is 5.02 Å². The van der Waals surface area contributed by atoms with E-state index in [1.165, 1.54) is 35.2 Å². The Balaban J connectivity index is 1.25. The second-order valence-corrected chi connectivity index (χ2v) is 13.6. The van der Waals surface area contributed by atoms with Crippen molar-refractivity contribution < 1.29 is 23.4 Å². The largest absolute Gasteiger partial charge is 0.491 e. The van der Waals surface area contributed by atoms with Gasteiger partial charge >= 0.3 is 5.97 Å². The first-order valence-corrected chi connectivity index (χ1v) is 17.3. The highest BCUT2D eigenvalue weighted by atomic mass is 35.5. The number of rotatable bonds is 11. The number of hydrogen-bond donors (Lipinski definition) is 1. The van der Waals surface area contributed by atoms with Gasteiger partial charge in [-0.05, 0) is 44.0 Å². The quantitative estimate of drug-likeness (QED) is 0.158. The van der Waals surface area contributed by atoms with Crippen molar-refractivity contribution in [1.82, 2.24) is 24.4 Å². The molecule has 11 nitrogen and oxygen atoms in total. The van der Waals surface area contributed by atoms with Crippen LogP contribution in [0.15, 0.2) is 46.8 Å². The Morgan fingerprint density at radius 2 is 2.00 bits per heavy atom. The number of aromatic nitrogens is 4. The molecule has 0 spiro atoms. The first-order chi connectivity index (χ1) is 23.9. The number of carboxylic acid groups (broad SMARTS) is 1. The Labute approximate surface area is 295 Å². The lowest BCUT2D eigenvalue weighted by molar-refractivity contribution is -0.0397. The molecule has 0 atom stereocenters. The van der Waals surface area contributed by atoms with Gasteiger partial charge in [0.15, 0.2) is 0 Å². The number of carboxylic acids is 1. The fourth-order valence-electron chi connectivity index (χ4n) is 6.40. The van der Waals surface area contributed by atoms with Crippen molar-refractivity contribution in [2.24, 2.45) is 0 Å². The third-order valence-corrected chi connectivity index (χ3v) is 10.4. The summed E-state index contributed by atoms with van der Waals surface area (Å²) in [5, 5.41) is 22.0. The predicted molar refractivity (Wildman–Crippen MR) is 189 cm³/mol. The number of aromatic carboxylic acids is 1.